The molecule has 1 fully saturated rings. The summed E-state index contributed by atoms with van der Waals surface area (Å²) in [5, 5.41) is 0. The van der Waals surface area contributed by atoms with Crippen LogP contribution in [0, 0.1) is 0 Å². The molecule has 1 unspecified atom stereocenters. The van der Waals surface area contributed by atoms with Crippen LogP contribution in [0.25, 0.3) is 0 Å². The van der Waals surface area contributed by atoms with Crippen LogP contribution in [0.1, 0.15) is 24.3 Å². The number of likely N-dealkylation sites (tertiary alicyclic amines) is 1. The van der Waals surface area contributed by atoms with Crippen molar-refractivity contribution in [3.8, 4) is 0 Å². The zero-order valence-corrected chi connectivity index (χ0v) is 10.7. The van der Waals surface area contributed by atoms with Gasteiger partial charge < -0.3 is 10.6 Å². The molecule has 17 heavy (non-hydrogen) atoms. The number of carbonyl (C=O) groups excluding carboxylic acids is 1. The number of benzene rings is 1. The Labute approximate surface area is 108 Å². The molecule has 1 aromatic rings. The lowest BCUT2D eigenvalue weighted by molar-refractivity contribution is -0.131. The van der Waals surface area contributed by atoms with E-state index in [4.69, 9.17) is 5.73 Å². The molecule has 1 saturated heterocycles. The van der Waals surface area contributed by atoms with Crippen molar-refractivity contribution in [1.82, 2.24) is 4.90 Å². The Kier molecular flexibility index (Phi) is 5.45. The minimum absolute atomic E-state index is 0. The average molecular weight is 255 g/mol. The van der Waals surface area contributed by atoms with Gasteiger partial charge in [-0.3, -0.25) is 4.79 Å². The van der Waals surface area contributed by atoms with E-state index in [0.29, 0.717) is 6.54 Å². The van der Waals surface area contributed by atoms with Crippen LogP contribution in [0.2, 0.25) is 0 Å². The summed E-state index contributed by atoms with van der Waals surface area (Å²) >= 11 is 0. The van der Waals surface area contributed by atoms with E-state index in [1.807, 2.05) is 35.2 Å². The van der Waals surface area contributed by atoms with E-state index in [9.17, 15) is 4.79 Å². The molecule has 1 heterocycles. The van der Waals surface area contributed by atoms with Gasteiger partial charge in [0.15, 0.2) is 0 Å². The normalized spacial score (nSPS) is 16.4. The lowest BCUT2D eigenvalue weighted by Crippen LogP contribution is -2.35. The third kappa shape index (κ3) is 3.20. The summed E-state index contributed by atoms with van der Waals surface area (Å²) in [5.41, 5.74) is 6.76. The van der Waals surface area contributed by atoms with Gasteiger partial charge in [0.2, 0.25) is 5.91 Å². The molecular weight excluding hydrogens is 236 g/mol. The van der Waals surface area contributed by atoms with Crippen molar-refractivity contribution in [2.45, 2.75) is 18.8 Å². The van der Waals surface area contributed by atoms with Gasteiger partial charge in [-0.25, -0.2) is 0 Å². The standard InChI is InChI=1S/C13H18N2O.ClH/c14-10-12(11-6-2-1-3-7-11)13(16)15-8-4-5-9-15;/h1-3,6-7,12H,4-5,8-10,14H2;1H. The number of halogens is 1. The number of hydrogen-bond acceptors (Lipinski definition) is 2. The Morgan fingerprint density at radius 2 is 1.82 bits per heavy atom. The van der Waals surface area contributed by atoms with Crippen LogP contribution in [-0.2, 0) is 4.79 Å². The second-order valence-electron chi connectivity index (χ2n) is 4.23. The topological polar surface area (TPSA) is 46.3 Å². The number of carbonyl (C=O) groups is 1. The monoisotopic (exact) mass is 254 g/mol. The van der Waals surface area contributed by atoms with Crippen molar-refractivity contribution >= 4 is 18.3 Å². The van der Waals surface area contributed by atoms with E-state index in [-0.39, 0.29) is 24.2 Å². The maximum Gasteiger partial charge on any atom is 0.231 e. The zero-order chi connectivity index (χ0) is 11.4. The van der Waals surface area contributed by atoms with Gasteiger partial charge in [0.1, 0.15) is 0 Å². The van der Waals surface area contributed by atoms with Crippen LogP contribution in [0.15, 0.2) is 30.3 Å². The molecule has 0 radical (unpaired) electrons. The summed E-state index contributed by atoms with van der Waals surface area (Å²) in [7, 11) is 0. The molecule has 94 valence electrons. The van der Waals surface area contributed by atoms with Crippen molar-refractivity contribution in [3.63, 3.8) is 0 Å². The first-order valence-electron chi connectivity index (χ1n) is 5.86. The first-order chi connectivity index (χ1) is 7.83. The molecule has 1 atom stereocenters. The number of hydrogen-bond donors (Lipinski definition) is 1. The third-order valence-corrected chi connectivity index (χ3v) is 3.15. The fourth-order valence-corrected chi connectivity index (χ4v) is 2.22. The first-order valence-corrected chi connectivity index (χ1v) is 5.86. The maximum absolute atomic E-state index is 12.2. The Balaban J connectivity index is 0.00000144. The van der Waals surface area contributed by atoms with Crippen molar-refractivity contribution in [1.29, 1.82) is 0 Å². The van der Waals surface area contributed by atoms with E-state index in [1.54, 1.807) is 0 Å². The van der Waals surface area contributed by atoms with Gasteiger partial charge in [-0.15, -0.1) is 12.4 Å². The second kappa shape index (κ2) is 6.62. The molecule has 2 N–H and O–H groups in total. The summed E-state index contributed by atoms with van der Waals surface area (Å²) in [5.74, 6) is 0.0190. The molecule has 0 aliphatic carbocycles. The molecule has 1 aromatic carbocycles. The van der Waals surface area contributed by atoms with Gasteiger partial charge in [-0.1, -0.05) is 30.3 Å². The summed E-state index contributed by atoms with van der Waals surface area (Å²) in [6, 6.07) is 9.82. The number of rotatable bonds is 3. The zero-order valence-electron chi connectivity index (χ0n) is 9.84. The SMILES string of the molecule is Cl.NCC(C(=O)N1CCCC1)c1ccccc1. The highest BCUT2D eigenvalue weighted by Crippen LogP contribution is 2.20. The predicted molar refractivity (Wildman–Crippen MR) is 71.3 cm³/mol. The summed E-state index contributed by atoms with van der Waals surface area (Å²) < 4.78 is 0. The van der Waals surface area contributed by atoms with Gasteiger partial charge in [-0.05, 0) is 18.4 Å². The molecule has 2 rings (SSSR count). The van der Waals surface area contributed by atoms with Gasteiger partial charge >= 0.3 is 0 Å². The highest BCUT2D eigenvalue weighted by atomic mass is 35.5. The van der Waals surface area contributed by atoms with Crippen LogP contribution < -0.4 is 5.73 Å². The van der Waals surface area contributed by atoms with Gasteiger partial charge in [0, 0.05) is 19.6 Å². The van der Waals surface area contributed by atoms with Crippen molar-refractivity contribution in [2.75, 3.05) is 19.6 Å². The molecule has 1 aliphatic heterocycles. The van der Waals surface area contributed by atoms with E-state index < -0.39 is 0 Å². The molecule has 3 nitrogen and oxygen atoms in total. The summed E-state index contributed by atoms with van der Waals surface area (Å²) in [6.07, 6.45) is 2.25. The Bertz CT molecular complexity index is 350. The number of amides is 1. The minimum Gasteiger partial charge on any atom is -0.342 e. The number of nitrogens with zero attached hydrogens (tertiary/aromatic N) is 1. The van der Waals surface area contributed by atoms with Crippen LogP contribution >= 0.6 is 12.4 Å². The van der Waals surface area contributed by atoms with Crippen molar-refractivity contribution in [3.05, 3.63) is 35.9 Å². The average Bonchev–Trinajstić information content (AvgIpc) is 2.85. The molecule has 0 aromatic heterocycles. The lowest BCUT2D eigenvalue weighted by Gasteiger charge is -2.22. The minimum atomic E-state index is -0.167. The quantitative estimate of drug-likeness (QED) is 0.894. The highest BCUT2D eigenvalue weighted by Gasteiger charge is 2.26. The van der Waals surface area contributed by atoms with E-state index in [2.05, 4.69) is 0 Å². The number of nitrogens with two attached hydrogens (primary N) is 1. The summed E-state index contributed by atoms with van der Waals surface area (Å²) in [4.78, 5) is 14.2. The fraction of sp³-hybridized carbons (Fsp3) is 0.462. The van der Waals surface area contributed by atoms with Gasteiger partial charge in [-0.2, -0.15) is 0 Å². The summed E-state index contributed by atoms with van der Waals surface area (Å²) in [6.45, 7) is 2.17. The molecule has 0 spiro atoms. The molecule has 1 aliphatic rings. The largest absolute Gasteiger partial charge is 0.342 e. The van der Waals surface area contributed by atoms with Crippen LogP contribution in [0.3, 0.4) is 0 Å². The lowest BCUT2D eigenvalue weighted by atomic mass is 9.98. The van der Waals surface area contributed by atoms with E-state index >= 15 is 0 Å². The molecular formula is C13H19ClN2O. The van der Waals surface area contributed by atoms with E-state index in [0.717, 1.165) is 31.5 Å². The molecule has 4 heteroatoms. The maximum atomic E-state index is 12.2. The second-order valence-corrected chi connectivity index (χ2v) is 4.23. The Morgan fingerprint density at radius 3 is 2.35 bits per heavy atom. The van der Waals surface area contributed by atoms with Gasteiger partial charge in [0.05, 0.1) is 5.92 Å². The van der Waals surface area contributed by atoms with Crippen LogP contribution in [0.5, 0.6) is 0 Å². The van der Waals surface area contributed by atoms with E-state index in [1.165, 1.54) is 0 Å². The fourth-order valence-electron chi connectivity index (χ4n) is 2.22. The predicted octanol–water partition coefficient (Wildman–Crippen LogP) is 1.77. The first kappa shape index (κ1) is 14.0. The molecule has 0 bridgehead atoms. The van der Waals surface area contributed by atoms with Crippen LogP contribution in [-0.4, -0.2) is 30.4 Å². The van der Waals surface area contributed by atoms with Crippen LogP contribution in [0.4, 0.5) is 0 Å². The molecule has 1 amide bonds. The smallest absolute Gasteiger partial charge is 0.231 e. The molecule has 0 saturated carbocycles. The Morgan fingerprint density at radius 1 is 1.24 bits per heavy atom. The third-order valence-electron chi connectivity index (χ3n) is 3.15. The highest BCUT2D eigenvalue weighted by molar-refractivity contribution is 5.85. The Hall–Kier alpha value is -1.06. The van der Waals surface area contributed by atoms with Crippen molar-refractivity contribution < 1.29 is 4.79 Å². The van der Waals surface area contributed by atoms with Crippen molar-refractivity contribution in [2.24, 2.45) is 5.73 Å². The van der Waals surface area contributed by atoms with Gasteiger partial charge in [0.25, 0.3) is 0 Å².